The lowest BCUT2D eigenvalue weighted by Crippen LogP contribution is -2.16. The molecule has 2 aromatic carbocycles. The Bertz CT molecular complexity index is 911. The molecule has 1 N–H and O–H groups in total. The lowest BCUT2D eigenvalue weighted by atomic mass is 10.0. The minimum absolute atomic E-state index is 0.0489. The van der Waals surface area contributed by atoms with Gasteiger partial charge in [0.05, 0.1) is 11.6 Å². The maximum atomic E-state index is 12.9. The lowest BCUT2D eigenvalue weighted by molar-refractivity contribution is 0.199. The first-order valence-electron chi connectivity index (χ1n) is 8.90. The third-order valence-corrected chi connectivity index (χ3v) is 4.50. The molecule has 0 fully saturated rings. The molecule has 3 rings (SSSR count). The Hall–Kier alpha value is -2.46. The molecular formula is C21H24N2O2. The number of aliphatic hydroxyl groups excluding tert-OH is 1. The van der Waals surface area contributed by atoms with Crippen molar-refractivity contribution in [1.82, 2.24) is 9.78 Å². The number of hydrogen-bond acceptors (Lipinski definition) is 3. The van der Waals surface area contributed by atoms with E-state index in [1.165, 1.54) is 0 Å². The highest BCUT2D eigenvalue weighted by atomic mass is 16.3. The van der Waals surface area contributed by atoms with Gasteiger partial charge in [0.1, 0.15) is 5.69 Å². The fourth-order valence-corrected chi connectivity index (χ4v) is 3.03. The fourth-order valence-electron chi connectivity index (χ4n) is 3.03. The predicted octanol–water partition coefficient (Wildman–Crippen LogP) is 4.31. The smallest absolute Gasteiger partial charge is 0.215 e. The number of rotatable bonds is 6. The van der Waals surface area contributed by atoms with Gasteiger partial charge in [-0.3, -0.25) is 9.48 Å². The van der Waals surface area contributed by atoms with E-state index in [4.69, 9.17) is 0 Å². The van der Waals surface area contributed by atoms with Crippen molar-refractivity contribution in [1.29, 1.82) is 0 Å². The van der Waals surface area contributed by atoms with Gasteiger partial charge in [0.15, 0.2) is 0 Å². The van der Waals surface area contributed by atoms with Crippen molar-refractivity contribution in [3.05, 3.63) is 64.3 Å². The summed E-state index contributed by atoms with van der Waals surface area (Å²) in [6.45, 7) is 4.70. The molecule has 0 aliphatic heterocycles. The van der Waals surface area contributed by atoms with Crippen molar-refractivity contribution in [3.63, 3.8) is 0 Å². The largest absolute Gasteiger partial charge is 0.389 e. The van der Waals surface area contributed by atoms with Crippen LogP contribution in [0, 0.1) is 0 Å². The van der Waals surface area contributed by atoms with Crippen LogP contribution >= 0.6 is 0 Å². The molecule has 0 spiro atoms. The number of nitrogens with zero attached hydrogens (tertiary/aromatic N) is 2. The monoisotopic (exact) mass is 336 g/mol. The molecule has 3 aromatic rings. The van der Waals surface area contributed by atoms with E-state index in [-0.39, 0.29) is 5.43 Å². The van der Waals surface area contributed by atoms with Gasteiger partial charge in [-0.05, 0) is 31.0 Å². The molecule has 0 bridgehead atoms. The van der Waals surface area contributed by atoms with E-state index in [1.807, 2.05) is 53.2 Å². The van der Waals surface area contributed by atoms with E-state index < -0.39 is 6.10 Å². The molecule has 4 nitrogen and oxygen atoms in total. The maximum Gasteiger partial charge on any atom is 0.215 e. The number of hydrogen-bond donors (Lipinski definition) is 1. The van der Waals surface area contributed by atoms with Gasteiger partial charge >= 0.3 is 0 Å². The van der Waals surface area contributed by atoms with Gasteiger partial charge < -0.3 is 5.11 Å². The van der Waals surface area contributed by atoms with Crippen molar-refractivity contribution in [2.45, 2.75) is 45.8 Å². The highest BCUT2D eigenvalue weighted by Crippen LogP contribution is 2.20. The van der Waals surface area contributed by atoms with Gasteiger partial charge in [-0.25, -0.2) is 0 Å². The zero-order valence-electron chi connectivity index (χ0n) is 14.8. The number of unbranched alkanes of at least 4 members (excludes halogenated alkanes) is 2. The molecule has 1 aromatic heterocycles. The number of fused-ring (bicyclic) bond motifs is 1. The van der Waals surface area contributed by atoms with Gasteiger partial charge in [0, 0.05) is 17.5 Å². The summed E-state index contributed by atoms with van der Waals surface area (Å²) in [7, 11) is 0. The molecule has 0 saturated carbocycles. The van der Waals surface area contributed by atoms with Crippen LogP contribution < -0.4 is 5.43 Å². The second kappa shape index (κ2) is 7.62. The Balaban J connectivity index is 2.11. The molecule has 0 amide bonds. The highest BCUT2D eigenvalue weighted by Gasteiger charge is 2.12. The number of para-hydroxylation sites is 1. The molecule has 130 valence electrons. The Morgan fingerprint density at radius 1 is 1.08 bits per heavy atom. The quantitative estimate of drug-likeness (QED) is 0.683. The van der Waals surface area contributed by atoms with Crippen molar-refractivity contribution >= 4 is 10.9 Å². The van der Waals surface area contributed by atoms with Crippen LogP contribution in [-0.4, -0.2) is 14.9 Å². The molecule has 1 heterocycles. The third-order valence-electron chi connectivity index (χ3n) is 4.50. The third kappa shape index (κ3) is 3.64. The standard InChI is InChI=1S/C21H24N2O2/c1-3-4-7-14-23-19-9-6-5-8-18(19)21(25)20(22-23)17-12-10-16(11-13-17)15(2)24/h5-6,8-13,15,24H,3-4,7,14H2,1-2H3. The SMILES string of the molecule is CCCCCn1nc(-c2ccc(C(C)O)cc2)c(=O)c2ccccc21. The summed E-state index contributed by atoms with van der Waals surface area (Å²) >= 11 is 0. The molecule has 0 saturated heterocycles. The summed E-state index contributed by atoms with van der Waals surface area (Å²) < 4.78 is 1.95. The maximum absolute atomic E-state index is 12.9. The summed E-state index contributed by atoms with van der Waals surface area (Å²) in [6.07, 6.45) is 2.80. The lowest BCUT2D eigenvalue weighted by Gasteiger charge is -2.12. The molecule has 1 atom stereocenters. The molecule has 0 aliphatic carbocycles. The van der Waals surface area contributed by atoms with Gasteiger partial charge in [-0.2, -0.15) is 5.10 Å². The minimum Gasteiger partial charge on any atom is -0.389 e. The van der Waals surface area contributed by atoms with Crippen LogP contribution in [0.15, 0.2) is 53.3 Å². The summed E-state index contributed by atoms with van der Waals surface area (Å²) in [6, 6.07) is 15.1. The molecule has 25 heavy (non-hydrogen) atoms. The van der Waals surface area contributed by atoms with Crippen molar-refractivity contribution in [2.24, 2.45) is 0 Å². The Morgan fingerprint density at radius 2 is 1.80 bits per heavy atom. The van der Waals surface area contributed by atoms with Crippen molar-refractivity contribution < 1.29 is 5.11 Å². The van der Waals surface area contributed by atoms with Crippen LogP contribution in [-0.2, 0) is 6.54 Å². The Kier molecular flexibility index (Phi) is 5.29. The highest BCUT2D eigenvalue weighted by molar-refractivity contribution is 5.82. The van der Waals surface area contributed by atoms with Gasteiger partial charge in [0.2, 0.25) is 5.43 Å². The summed E-state index contributed by atoms with van der Waals surface area (Å²) in [4.78, 5) is 12.9. The Morgan fingerprint density at radius 3 is 2.48 bits per heavy atom. The zero-order chi connectivity index (χ0) is 17.8. The normalized spacial score (nSPS) is 12.4. The molecule has 0 aliphatic rings. The number of aromatic nitrogens is 2. The fraction of sp³-hybridized carbons (Fsp3) is 0.333. The summed E-state index contributed by atoms with van der Waals surface area (Å²) in [5.74, 6) is 0. The van der Waals surface area contributed by atoms with Crippen LogP contribution in [0.25, 0.3) is 22.2 Å². The minimum atomic E-state index is -0.524. The average Bonchev–Trinajstić information content (AvgIpc) is 2.64. The van der Waals surface area contributed by atoms with Gasteiger partial charge in [-0.1, -0.05) is 56.2 Å². The van der Waals surface area contributed by atoms with E-state index in [0.29, 0.717) is 11.1 Å². The van der Waals surface area contributed by atoms with Crippen LogP contribution in [0.4, 0.5) is 0 Å². The number of benzene rings is 2. The first kappa shape index (κ1) is 17.4. The summed E-state index contributed by atoms with van der Waals surface area (Å²) in [5.41, 5.74) is 2.91. The second-order valence-corrected chi connectivity index (χ2v) is 6.42. The number of aliphatic hydroxyl groups is 1. The van der Waals surface area contributed by atoms with Crippen molar-refractivity contribution in [3.8, 4) is 11.3 Å². The summed E-state index contributed by atoms with van der Waals surface area (Å²) in [5, 5.41) is 15.0. The zero-order valence-corrected chi connectivity index (χ0v) is 14.8. The Labute approximate surface area is 147 Å². The van der Waals surface area contributed by atoms with Crippen molar-refractivity contribution in [2.75, 3.05) is 0 Å². The van der Waals surface area contributed by atoms with E-state index in [2.05, 4.69) is 12.0 Å². The van der Waals surface area contributed by atoms with Crippen LogP contribution in [0.2, 0.25) is 0 Å². The first-order chi connectivity index (χ1) is 12.1. The number of aryl methyl sites for hydroxylation is 1. The molecule has 4 heteroatoms. The molecular weight excluding hydrogens is 312 g/mol. The van der Waals surface area contributed by atoms with E-state index in [9.17, 15) is 9.90 Å². The van der Waals surface area contributed by atoms with E-state index >= 15 is 0 Å². The average molecular weight is 336 g/mol. The first-order valence-corrected chi connectivity index (χ1v) is 8.90. The van der Waals surface area contributed by atoms with E-state index in [0.717, 1.165) is 42.5 Å². The van der Waals surface area contributed by atoms with Crippen LogP contribution in [0.3, 0.4) is 0 Å². The molecule has 0 radical (unpaired) electrons. The van der Waals surface area contributed by atoms with Gasteiger partial charge in [0.25, 0.3) is 0 Å². The van der Waals surface area contributed by atoms with Crippen LogP contribution in [0.5, 0.6) is 0 Å². The molecule has 1 unspecified atom stereocenters. The second-order valence-electron chi connectivity index (χ2n) is 6.42. The topological polar surface area (TPSA) is 55.1 Å². The van der Waals surface area contributed by atoms with E-state index in [1.54, 1.807) is 6.92 Å². The predicted molar refractivity (Wildman–Crippen MR) is 102 cm³/mol. The van der Waals surface area contributed by atoms with Crippen LogP contribution in [0.1, 0.15) is 44.8 Å². The van der Waals surface area contributed by atoms with Gasteiger partial charge in [-0.15, -0.1) is 0 Å².